The van der Waals surface area contributed by atoms with Gasteiger partial charge < -0.3 is 14.7 Å². The first-order valence-corrected chi connectivity index (χ1v) is 21.8. The molecule has 0 atom stereocenters. The van der Waals surface area contributed by atoms with Crippen molar-refractivity contribution in [3.8, 4) is 10.4 Å². The molecule has 0 unspecified atom stereocenters. The normalized spacial score (nSPS) is 12.4. The number of aromatic nitrogens is 3. The van der Waals surface area contributed by atoms with E-state index in [1.54, 1.807) is 30.6 Å². The van der Waals surface area contributed by atoms with Crippen LogP contribution in [0.5, 0.6) is 0 Å². The van der Waals surface area contributed by atoms with Gasteiger partial charge in [-0.3, -0.25) is 9.59 Å². The number of thiophene rings is 1. The molecule has 1 amide bonds. The Hall–Kier alpha value is -4.76. The average molecular weight is 761 g/mol. The summed E-state index contributed by atoms with van der Waals surface area (Å²) in [6, 6.07) is 20.1. The van der Waals surface area contributed by atoms with Crippen molar-refractivity contribution in [3.63, 3.8) is 0 Å². The highest BCUT2D eigenvalue weighted by molar-refractivity contribution is 7.90. The van der Waals surface area contributed by atoms with Crippen LogP contribution in [0.2, 0.25) is 18.1 Å². The second kappa shape index (κ2) is 14.3. The van der Waals surface area contributed by atoms with Gasteiger partial charge in [0.25, 0.3) is 21.5 Å². The quantitative estimate of drug-likeness (QED) is 0.126. The molecule has 0 bridgehead atoms. The molecule has 6 aromatic rings. The molecule has 0 spiro atoms. The topological polar surface area (TPSA) is 123 Å². The van der Waals surface area contributed by atoms with Crippen molar-refractivity contribution in [1.29, 1.82) is 0 Å². The van der Waals surface area contributed by atoms with Crippen molar-refractivity contribution in [2.24, 2.45) is 0 Å². The molecule has 0 aliphatic carbocycles. The standard InChI is InChI=1S/C38H38F2N4O5S2Si/c1-38(2,52(3,4)49)17-16-25-19-30-31(24-44(35(30)41-21-25)51(47,48)28-9-6-5-7-10-28)34-15-13-27(50-34)22-42-36(45)29-11-8-18-43(37(29)46)23-26-12-14-32(39)33(40)20-26/h5-15,18-21,24,49H,16-17,22-23H2,1-4H3,(H,42,45). The number of rotatable bonds is 12. The van der Waals surface area contributed by atoms with Crippen LogP contribution in [0.4, 0.5) is 8.78 Å². The van der Waals surface area contributed by atoms with E-state index in [-0.39, 0.29) is 34.2 Å². The van der Waals surface area contributed by atoms with E-state index in [1.165, 1.54) is 56.4 Å². The van der Waals surface area contributed by atoms with Crippen molar-refractivity contribution >= 4 is 46.6 Å². The lowest BCUT2D eigenvalue weighted by Gasteiger charge is -2.35. The smallest absolute Gasteiger partial charge is 0.269 e. The van der Waals surface area contributed by atoms with E-state index in [0.717, 1.165) is 33.9 Å². The Morgan fingerprint density at radius 1 is 0.981 bits per heavy atom. The molecule has 4 aromatic heterocycles. The van der Waals surface area contributed by atoms with Crippen LogP contribution in [0.25, 0.3) is 21.5 Å². The van der Waals surface area contributed by atoms with Crippen molar-refractivity contribution in [2.75, 3.05) is 0 Å². The maximum atomic E-state index is 13.8. The number of hydrogen-bond acceptors (Lipinski definition) is 7. The maximum Gasteiger partial charge on any atom is 0.269 e. The Bertz CT molecular complexity index is 2450. The highest BCUT2D eigenvalue weighted by atomic mass is 32.2. The molecule has 4 heterocycles. The van der Waals surface area contributed by atoms with Crippen LogP contribution in [-0.2, 0) is 29.5 Å². The van der Waals surface area contributed by atoms with Crippen LogP contribution in [-0.4, -0.2) is 41.0 Å². The lowest BCUT2D eigenvalue weighted by Crippen LogP contribution is -2.39. The molecule has 0 radical (unpaired) electrons. The van der Waals surface area contributed by atoms with Crippen molar-refractivity contribution in [1.82, 2.24) is 18.8 Å². The number of carbonyl (C=O) groups is 1. The monoisotopic (exact) mass is 760 g/mol. The van der Waals surface area contributed by atoms with Gasteiger partial charge in [0.15, 0.2) is 25.6 Å². The summed E-state index contributed by atoms with van der Waals surface area (Å²) in [5.41, 5.74) is 1.53. The zero-order chi connectivity index (χ0) is 37.4. The first-order chi connectivity index (χ1) is 24.5. The zero-order valence-corrected chi connectivity index (χ0v) is 31.7. The number of hydrogen-bond donors (Lipinski definition) is 2. The molecule has 0 aliphatic heterocycles. The molecule has 2 aromatic carbocycles. The van der Waals surface area contributed by atoms with Crippen molar-refractivity contribution < 1.29 is 26.8 Å². The van der Waals surface area contributed by atoms with E-state index >= 15 is 0 Å². The molecular weight excluding hydrogens is 723 g/mol. The summed E-state index contributed by atoms with van der Waals surface area (Å²) in [6.45, 7) is 8.03. The van der Waals surface area contributed by atoms with Gasteiger partial charge in [-0.05, 0) is 96.7 Å². The average Bonchev–Trinajstić information content (AvgIpc) is 3.74. The highest BCUT2D eigenvalue weighted by Gasteiger charge is 2.37. The fourth-order valence-corrected chi connectivity index (χ4v) is 8.71. The van der Waals surface area contributed by atoms with Crippen molar-refractivity contribution in [3.05, 3.63) is 141 Å². The number of amides is 1. The molecule has 9 nitrogen and oxygen atoms in total. The summed E-state index contributed by atoms with van der Waals surface area (Å²) in [5, 5.41) is 3.18. The van der Waals surface area contributed by atoms with E-state index in [4.69, 9.17) is 0 Å². The number of carbonyl (C=O) groups excluding carboxylic acids is 1. The third-order valence-corrected chi connectivity index (χ3v) is 16.0. The Kier molecular flexibility index (Phi) is 10.2. The van der Waals surface area contributed by atoms with Crippen LogP contribution in [0, 0.1) is 11.6 Å². The number of nitrogens with one attached hydrogen (secondary N) is 1. The van der Waals surface area contributed by atoms with E-state index in [0.29, 0.717) is 22.9 Å². The van der Waals surface area contributed by atoms with Crippen LogP contribution < -0.4 is 10.9 Å². The van der Waals surface area contributed by atoms with Gasteiger partial charge in [0.1, 0.15) is 5.56 Å². The van der Waals surface area contributed by atoms with Crippen LogP contribution >= 0.6 is 11.3 Å². The number of pyridine rings is 2. The maximum absolute atomic E-state index is 13.8. The summed E-state index contributed by atoms with van der Waals surface area (Å²) in [5.74, 6) is -2.62. The summed E-state index contributed by atoms with van der Waals surface area (Å²) < 4.78 is 57.2. The fraction of sp³-hybridized carbons (Fsp3) is 0.237. The molecule has 0 fully saturated rings. The summed E-state index contributed by atoms with van der Waals surface area (Å²) in [7, 11) is -6.44. The second-order valence-electron chi connectivity index (χ2n) is 13.9. The molecule has 6 rings (SSSR count). The number of aryl methyl sites for hydroxylation is 1. The first kappa shape index (κ1) is 37.0. The van der Waals surface area contributed by atoms with E-state index in [2.05, 4.69) is 24.1 Å². The molecule has 0 saturated heterocycles. The summed E-state index contributed by atoms with van der Waals surface area (Å²) in [4.78, 5) is 43.4. The van der Waals surface area contributed by atoms with E-state index in [1.807, 2.05) is 31.3 Å². The fourth-order valence-electron chi connectivity index (χ4n) is 5.66. The van der Waals surface area contributed by atoms with Gasteiger partial charge in [-0.2, -0.15) is 0 Å². The SMILES string of the molecule is CC(C)(CCc1cnc2c(c1)c(-c1ccc(CNC(=O)c3cccn(Cc4ccc(F)c(F)c4)c3=O)s1)cn2S(=O)(=O)c1ccccc1)[Si](C)(C)O. The number of nitrogens with zero attached hydrogens (tertiary/aromatic N) is 3. The Labute approximate surface area is 305 Å². The van der Waals surface area contributed by atoms with Gasteiger partial charge in [-0.15, -0.1) is 11.3 Å². The largest absolute Gasteiger partial charge is 0.432 e. The Morgan fingerprint density at radius 2 is 1.73 bits per heavy atom. The van der Waals surface area contributed by atoms with Gasteiger partial charge in [0.2, 0.25) is 0 Å². The van der Waals surface area contributed by atoms with Gasteiger partial charge in [-0.25, -0.2) is 26.2 Å². The Morgan fingerprint density at radius 3 is 2.44 bits per heavy atom. The lowest BCUT2D eigenvalue weighted by molar-refractivity contribution is 0.0949. The molecular formula is C38H38F2N4O5S2Si. The summed E-state index contributed by atoms with van der Waals surface area (Å²) in [6.07, 6.45) is 6.11. The highest BCUT2D eigenvalue weighted by Crippen LogP contribution is 2.41. The second-order valence-corrected chi connectivity index (χ2v) is 21.3. The predicted molar refractivity (Wildman–Crippen MR) is 201 cm³/mol. The first-order valence-electron chi connectivity index (χ1n) is 16.6. The third kappa shape index (κ3) is 7.56. The molecule has 270 valence electrons. The molecule has 0 aliphatic rings. The predicted octanol–water partition coefficient (Wildman–Crippen LogP) is 7.33. The molecule has 52 heavy (non-hydrogen) atoms. The summed E-state index contributed by atoms with van der Waals surface area (Å²) >= 11 is 1.37. The number of benzene rings is 2. The minimum absolute atomic E-state index is 0.0471. The molecule has 0 saturated carbocycles. The van der Waals surface area contributed by atoms with Crippen LogP contribution in [0.3, 0.4) is 0 Å². The Balaban J connectivity index is 1.27. The lowest BCUT2D eigenvalue weighted by atomic mass is 10.0. The van der Waals surface area contributed by atoms with Gasteiger partial charge in [0, 0.05) is 39.3 Å². The van der Waals surface area contributed by atoms with Gasteiger partial charge >= 0.3 is 0 Å². The van der Waals surface area contributed by atoms with Gasteiger partial charge in [0.05, 0.1) is 18.0 Å². The number of fused-ring (bicyclic) bond motifs is 1. The van der Waals surface area contributed by atoms with Crippen molar-refractivity contribution in [2.45, 2.75) is 62.8 Å². The number of halogens is 2. The molecule has 14 heteroatoms. The van der Waals surface area contributed by atoms with Gasteiger partial charge in [-0.1, -0.05) is 38.1 Å². The van der Waals surface area contributed by atoms with Crippen LogP contribution in [0.1, 0.15) is 46.6 Å². The molecule has 2 N–H and O–H groups in total. The van der Waals surface area contributed by atoms with E-state index < -0.39 is 41.4 Å². The third-order valence-electron chi connectivity index (χ3n) is 9.62. The zero-order valence-electron chi connectivity index (χ0n) is 29.1. The minimum Gasteiger partial charge on any atom is -0.432 e. The van der Waals surface area contributed by atoms with Crippen LogP contribution in [0.15, 0.2) is 107 Å². The minimum atomic E-state index is -3.99. The van der Waals surface area contributed by atoms with E-state index in [9.17, 15) is 31.6 Å².